The zero-order valence-corrected chi connectivity index (χ0v) is 15.9. The van der Waals surface area contributed by atoms with Crippen molar-refractivity contribution in [3.8, 4) is 16.3 Å². The lowest BCUT2D eigenvalue weighted by atomic mass is 10.2. The number of hydrogen-bond acceptors (Lipinski definition) is 4. The van der Waals surface area contributed by atoms with Crippen molar-refractivity contribution in [2.75, 3.05) is 18.6 Å². The maximum atomic E-state index is 12.9. The minimum Gasteiger partial charge on any atom is -0.497 e. The van der Waals surface area contributed by atoms with E-state index in [9.17, 15) is 4.79 Å². The van der Waals surface area contributed by atoms with E-state index in [-0.39, 0.29) is 5.91 Å². The van der Waals surface area contributed by atoms with Gasteiger partial charge in [-0.1, -0.05) is 15.9 Å². The summed E-state index contributed by atoms with van der Waals surface area (Å²) in [5, 5.41) is 2.67. The molecular formula is C19H15BrN2O2S. The number of aromatic nitrogens is 1. The van der Waals surface area contributed by atoms with E-state index in [4.69, 9.17) is 4.74 Å². The van der Waals surface area contributed by atoms with Gasteiger partial charge in [0.15, 0.2) is 0 Å². The van der Waals surface area contributed by atoms with Crippen molar-refractivity contribution in [3.63, 3.8) is 0 Å². The molecule has 0 aliphatic carbocycles. The molecule has 1 aliphatic rings. The van der Waals surface area contributed by atoms with E-state index in [0.717, 1.165) is 32.9 Å². The summed E-state index contributed by atoms with van der Waals surface area (Å²) in [4.78, 5) is 19.2. The van der Waals surface area contributed by atoms with Crippen molar-refractivity contribution in [2.24, 2.45) is 0 Å². The van der Waals surface area contributed by atoms with E-state index < -0.39 is 0 Å². The summed E-state index contributed by atoms with van der Waals surface area (Å²) < 4.78 is 6.21. The van der Waals surface area contributed by atoms with E-state index in [0.29, 0.717) is 12.2 Å². The first-order valence-electron chi connectivity index (χ1n) is 7.86. The van der Waals surface area contributed by atoms with Crippen molar-refractivity contribution in [1.29, 1.82) is 0 Å². The van der Waals surface area contributed by atoms with Gasteiger partial charge in [0.25, 0.3) is 5.91 Å². The second-order valence-electron chi connectivity index (χ2n) is 5.75. The summed E-state index contributed by atoms with van der Waals surface area (Å²) in [6.07, 6.45) is 0.871. The number of anilines is 1. The SMILES string of the molecule is COc1ccc(-c2nc(C(=O)N3CCc4cc(Br)ccc43)cs2)cc1. The minimum atomic E-state index is -0.0444. The fraction of sp³-hybridized carbons (Fsp3) is 0.158. The smallest absolute Gasteiger partial charge is 0.277 e. The Morgan fingerprint density at radius 2 is 2.04 bits per heavy atom. The molecule has 0 spiro atoms. The van der Waals surface area contributed by atoms with Crippen LogP contribution in [0.4, 0.5) is 5.69 Å². The second-order valence-corrected chi connectivity index (χ2v) is 7.52. The van der Waals surface area contributed by atoms with Gasteiger partial charge in [0.2, 0.25) is 0 Å². The number of amides is 1. The Hall–Kier alpha value is -2.18. The molecule has 0 atom stereocenters. The van der Waals surface area contributed by atoms with Crippen LogP contribution in [0.1, 0.15) is 16.1 Å². The standard InChI is InChI=1S/C19H15BrN2O2S/c1-24-15-5-2-12(3-6-15)18-21-16(11-25-18)19(23)22-9-8-13-10-14(20)4-7-17(13)22/h2-7,10-11H,8-9H2,1H3. The average molecular weight is 415 g/mol. The van der Waals surface area contributed by atoms with Gasteiger partial charge < -0.3 is 9.64 Å². The molecular weight excluding hydrogens is 400 g/mol. The van der Waals surface area contributed by atoms with Gasteiger partial charge in [0.05, 0.1) is 7.11 Å². The molecule has 1 aromatic heterocycles. The van der Waals surface area contributed by atoms with Crippen molar-refractivity contribution >= 4 is 38.9 Å². The number of hydrogen-bond donors (Lipinski definition) is 0. The second kappa shape index (κ2) is 6.61. The third-order valence-corrected chi connectivity index (χ3v) is 5.63. The number of carbonyl (C=O) groups is 1. The van der Waals surface area contributed by atoms with Crippen molar-refractivity contribution in [1.82, 2.24) is 4.98 Å². The summed E-state index contributed by atoms with van der Waals surface area (Å²) in [5.41, 5.74) is 3.64. The summed E-state index contributed by atoms with van der Waals surface area (Å²) in [5.74, 6) is 0.758. The van der Waals surface area contributed by atoms with E-state index in [1.54, 1.807) is 7.11 Å². The molecule has 0 saturated heterocycles. The zero-order valence-electron chi connectivity index (χ0n) is 13.5. The summed E-state index contributed by atoms with van der Waals surface area (Å²) in [6, 6.07) is 13.7. The molecule has 0 bridgehead atoms. The van der Waals surface area contributed by atoms with Crippen molar-refractivity contribution in [2.45, 2.75) is 6.42 Å². The Labute approximate surface area is 158 Å². The topological polar surface area (TPSA) is 42.4 Å². The van der Waals surface area contributed by atoms with Crippen LogP contribution in [0.5, 0.6) is 5.75 Å². The van der Waals surface area contributed by atoms with E-state index in [1.165, 1.54) is 16.9 Å². The van der Waals surface area contributed by atoms with Crippen LogP contribution in [0.2, 0.25) is 0 Å². The maximum absolute atomic E-state index is 12.9. The maximum Gasteiger partial charge on any atom is 0.277 e. The molecule has 6 heteroatoms. The first-order chi connectivity index (χ1) is 12.2. The number of nitrogens with zero attached hydrogens (tertiary/aromatic N) is 2. The van der Waals surface area contributed by atoms with Gasteiger partial charge >= 0.3 is 0 Å². The molecule has 0 radical (unpaired) electrons. The number of benzene rings is 2. The van der Waals surface area contributed by atoms with Gasteiger partial charge in [-0.25, -0.2) is 4.98 Å². The van der Waals surface area contributed by atoms with Gasteiger partial charge in [-0.2, -0.15) is 0 Å². The number of rotatable bonds is 3. The normalized spacial score (nSPS) is 13.0. The summed E-state index contributed by atoms with van der Waals surface area (Å²) >= 11 is 4.96. The molecule has 0 N–H and O–H groups in total. The number of halogens is 1. The van der Waals surface area contributed by atoms with Crippen LogP contribution in [0, 0.1) is 0 Å². The van der Waals surface area contributed by atoms with Crippen LogP contribution >= 0.6 is 27.3 Å². The van der Waals surface area contributed by atoms with Gasteiger partial charge in [-0.3, -0.25) is 4.79 Å². The van der Waals surface area contributed by atoms with Crippen molar-refractivity contribution < 1.29 is 9.53 Å². The average Bonchev–Trinajstić information content (AvgIpc) is 3.28. The predicted molar refractivity (Wildman–Crippen MR) is 104 cm³/mol. The number of carbonyl (C=O) groups excluding carboxylic acids is 1. The number of methoxy groups -OCH3 is 1. The van der Waals surface area contributed by atoms with E-state index >= 15 is 0 Å². The first kappa shape index (κ1) is 16.3. The Morgan fingerprint density at radius 1 is 1.24 bits per heavy atom. The molecule has 25 heavy (non-hydrogen) atoms. The number of fused-ring (bicyclic) bond motifs is 1. The molecule has 3 aromatic rings. The molecule has 0 saturated carbocycles. The van der Waals surface area contributed by atoms with Crippen LogP contribution < -0.4 is 9.64 Å². The lowest BCUT2D eigenvalue weighted by molar-refractivity contribution is 0.0985. The minimum absolute atomic E-state index is 0.0444. The predicted octanol–water partition coefficient (Wildman–Crippen LogP) is 4.78. The number of thiazole rings is 1. The van der Waals surface area contributed by atoms with Crippen molar-refractivity contribution in [3.05, 3.63) is 63.6 Å². The molecule has 4 nitrogen and oxygen atoms in total. The monoisotopic (exact) mass is 414 g/mol. The fourth-order valence-electron chi connectivity index (χ4n) is 2.96. The Morgan fingerprint density at radius 3 is 2.80 bits per heavy atom. The Bertz CT molecular complexity index is 937. The van der Waals surface area contributed by atoms with E-state index in [2.05, 4.69) is 27.0 Å². The third kappa shape index (κ3) is 3.07. The molecule has 0 fully saturated rings. The Kier molecular flexibility index (Phi) is 4.31. The van der Waals surface area contributed by atoms with Crippen LogP contribution in [-0.4, -0.2) is 24.5 Å². The molecule has 4 rings (SSSR count). The van der Waals surface area contributed by atoms with Gasteiger partial charge in [-0.15, -0.1) is 11.3 Å². The number of ether oxygens (including phenoxy) is 1. The first-order valence-corrected chi connectivity index (χ1v) is 9.53. The van der Waals surface area contributed by atoms with Crippen LogP contribution in [0.15, 0.2) is 52.3 Å². The van der Waals surface area contributed by atoms with Crippen LogP contribution in [0.25, 0.3) is 10.6 Å². The Balaban J connectivity index is 1.59. The largest absolute Gasteiger partial charge is 0.497 e. The quantitative estimate of drug-likeness (QED) is 0.618. The zero-order chi connectivity index (χ0) is 17.4. The van der Waals surface area contributed by atoms with E-state index in [1.807, 2.05) is 46.7 Å². The molecule has 1 amide bonds. The van der Waals surface area contributed by atoms with Gasteiger partial charge in [0, 0.05) is 27.6 Å². The highest BCUT2D eigenvalue weighted by molar-refractivity contribution is 9.10. The highest BCUT2D eigenvalue weighted by Crippen LogP contribution is 2.32. The lowest BCUT2D eigenvalue weighted by Crippen LogP contribution is -2.29. The summed E-state index contributed by atoms with van der Waals surface area (Å²) in [7, 11) is 1.64. The van der Waals surface area contributed by atoms with Crippen LogP contribution in [0.3, 0.4) is 0 Å². The third-order valence-electron chi connectivity index (χ3n) is 4.24. The molecule has 2 aromatic carbocycles. The molecule has 0 unspecified atom stereocenters. The molecule has 126 valence electrons. The highest BCUT2D eigenvalue weighted by Gasteiger charge is 2.27. The van der Waals surface area contributed by atoms with Gasteiger partial charge in [0.1, 0.15) is 16.5 Å². The lowest BCUT2D eigenvalue weighted by Gasteiger charge is -2.15. The molecule has 2 heterocycles. The van der Waals surface area contributed by atoms with Crippen LogP contribution in [-0.2, 0) is 6.42 Å². The fourth-order valence-corrected chi connectivity index (χ4v) is 4.17. The summed E-state index contributed by atoms with van der Waals surface area (Å²) in [6.45, 7) is 0.694. The highest BCUT2D eigenvalue weighted by atomic mass is 79.9. The molecule has 1 aliphatic heterocycles. The van der Waals surface area contributed by atoms with Gasteiger partial charge in [-0.05, 0) is 54.4 Å².